The monoisotopic (exact) mass is 524 g/mol. The number of carbonyl (C=O) groups is 3. The molecule has 4 rings (SSSR count). The molecule has 8 nitrogen and oxygen atoms in total. The first-order chi connectivity index (χ1) is 17.7. The van der Waals surface area contributed by atoms with Crippen LogP contribution in [0.25, 0.3) is 10.4 Å². The van der Waals surface area contributed by atoms with Crippen molar-refractivity contribution in [3.63, 3.8) is 0 Å². The Hall–Kier alpha value is -3.43. The number of aliphatic hydroxyl groups is 1. The first-order valence-corrected chi connectivity index (χ1v) is 13.3. The molecule has 9 heteroatoms. The minimum absolute atomic E-state index is 0.00547. The van der Waals surface area contributed by atoms with Crippen molar-refractivity contribution in [1.82, 2.24) is 0 Å². The van der Waals surface area contributed by atoms with E-state index in [1.54, 1.807) is 35.2 Å². The number of thiophene rings is 1. The van der Waals surface area contributed by atoms with Gasteiger partial charge in [-0.05, 0) is 81.3 Å². The number of aromatic carboxylic acids is 1. The van der Waals surface area contributed by atoms with Crippen molar-refractivity contribution < 1.29 is 29.0 Å². The average Bonchev–Trinajstić information content (AvgIpc) is 3.53. The SMILES string of the molecule is CC1CCC(C(=O)N(c2cc(-c3ccc(NC(=O)c4ccc(CO)o4)cc3)sc2C(=O)O)C(C)C)CC1. The first kappa shape index (κ1) is 26.6. The highest BCUT2D eigenvalue weighted by Crippen LogP contribution is 2.40. The van der Waals surface area contributed by atoms with Crippen LogP contribution in [0.2, 0.25) is 0 Å². The van der Waals surface area contributed by atoms with Gasteiger partial charge in [0.1, 0.15) is 17.2 Å². The second-order valence-electron chi connectivity index (χ2n) is 9.84. The molecular weight excluding hydrogens is 492 g/mol. The lowest BCUT2D eigenvalue weighted by atomic mass is 9.82. The molecular formula is C28H32N2O6S. The van der Waals surface area contributed by atoms with Crippen molar-refractivity contribution in [3.05, 3.63) is 58.9 Å². The summed E-state index contributed by atoms with van der Waals surface area (Å²) >= 11 is 1.13. The molecule has 2 heterocycles. The zero-order valence-corrected chi connectivity index (χ0v) is 22.0. The molecule has 1 saturated carbocycles. The number of furan rings is 1. The van der Waals surface area contributed by atoms with Gasteiger partial charge in [-0.1, -0.05) is 19.1 Å². The van der Waals surface area contributed by atoms with Gasteiger partial charge in [-0.3, -0.25) is 9.59 Å². The summed E-state index contributed by atoms with van der Waals surface area (Å²) in [4.78, 5) is 40.6. The summed E-state index contributed by atoms with van der Waals surface area (Å²) in [5, 5.41) is 21.8. The van der Waals surface area contributed by atoms with E-state index in [4.69, 9.17) is 9.52 Å². The molecule has 0 aliphatic heterocycles. The molecule has 3 aromatic rings. The summed E-state index contributed by atoms with van der Waals surface area (Å²) in [7, 11) is 0. The highest BCUT2D eigenvalue weighted by atomic mass is 32.1. The van der Waals surface area contributed by atoms with Crippen LogP contribution in [-0.2, 0) is 11.4 Å². The average molecular weight is 525 g/mol. The Morgan fingerprint density at radius 2 is 1.76 bits per heavy atom. The van der Waals surface area contributed by atoms with Gasteiger partial charge in [-0.15, -0.1) is 11.3 Å². The van der Waals surface area contributed by atoms with Crippen molar-refractivity contribution in [1.29, 1.82) is 0 Å². The molecule has 1 aliphatic carbocycles. The lowest BCUT2D eigenvalue weighted by Crippen LogP contribution is -2.42. The topological polar surface area (TPSA) is 120 Å². The van der Waals surface area contributed by atoms with E-state index < -0.39 is 11.9 Å². The number of carboxylic acids is 1. The van der Waals surface area contributed by atoms with Gasteiger partial charge in [0.2, 0.25) is 5.91 Å². The minimum Gasteiger partial charge on any atom is -0.477 e. The summed E-state index contributed by atoms with van der Waals surface area (Å²) in [5.41, 5.74) is 1.75. The Kier molecular flexibility index (Phi) is 8.14. The van der Waals surface area contributed by atoms with Crippen LogP contribution in [0.1, 0.15) is 72.4 Å². The first-order valence-electron chi connectivity index (χ1n) is 12.5. The number of carboxylic acid groups (broad SMARTS) is 1. The van der Waals surface area contributed by atoms with Crippen LogP contribution in [0.4, 0.5) is 11.4 Å². The second-order valence-corrected chi connectivity index (χ2v) is 10.9. The predicted molar refractivity (Wildman–Crippen MR) is 143 cm³/mol. The number of hydrogen-bond acceptors (Lipinski definition) is 6. The maximum absolute atomic E-state index is 13.5. The maximum Gasteiger partial charge on any atom is 0.348 e. The number of nitrogens with zero attached hydrogens (tertiary/aromatic N) is 1. The number of carbonyl (C=O) groups excluding carboxylic acids is 2. The van der Waals surface area contributed by atoms with Crippen LogP contribution in [0.3, 0.4) is 0 Å². The largest absolute Gasteiger partial charge is 0.477 e. The van der Waals surface area contributed by atoms with Crippen molar-refractivity contribution in [2.75, 3.05) is 10.2 Å². The van der Waals surface area contributed by atoms with Crippen molar-refractivity contribution >= 4 is 40.5 Å². The molecule has 0 atom stereocenters. The van der Waals surface area contributed by atoms with Crippen molar-refractivity contribution in [2.24, 2.45) is 11.8 Å². The van der Waals surface area contributed by atoms with E-state index in [0.717, 1.165) is 47.5 Å². The van der Waals surface area contributed by atoms with E-state index >= 15 is 0 Å². The van der Waals surface area contributed by atoms with Crippen LogP contribution in [0, 0.1) is 11.8 Å². The van der Waals surface area contributed by atoms with E-state index in [1.807, 2.05) is 13.8 Å². The Balaban J connectivity index is 1.57. The molecule has 1 fully saturated rings. The van der Waals surface area contributed by atoms with Crippen LogP contribution in [0.5, 0.6) is 0 Å². The third kappa shape index (κ3) is 5.94. The summed E-state index contributed by atoms with van der Waals surface area (Å²) < 4.78 is 5.26. The smallest absolute Gasteiger partial charge is 0.348 e. The van der Waals surface area contributed by atoms with Gasteiger partial charge in [0.25, 0.3) is 5.91 Å². The quantitative estimate of drug-likeness (QED) is 0.331. The summed E-state index contributed by atoms with van der Waals surface area (Å²) in [6.45, 7) is 5.73. The molecule has 1 aromatic carbocycles. The normalized spacial score (nSPS) is 17.5. The zero-order valence-electron chi connectivity index (χ0n) is 21.2. The molecule has 2 aromatic heterocycles. The van der Waals surface area contributed by atoms with Gasteiger partial charge in [0.15, 0.2) is 5.76 Å². The number of amides is 2. The van der Waals surface area contributed by atoms with Crippen LogP contribution >= 0.6 is 11.3 Å². The highest BCUT2D eigenvalue weighted by molar-refractivity contribution is 7.18. The number of rotatable bonds is 8. The van der Waals surface area contributed by atoms with Crippen LogP contribution in [-0.4, -0.2) is 34.0 Å². The number of nitrogens with one attached hydrogen (secondary N) is 1. The molecule has 196 valence electrons. The molecule has 0 unspecified atom stereocenters. The van der Waals surface area contributed by atoms with Gasteiger partial charge >= 0.3 is 5.97 Å². The molecule has 2 amide bonds. The van der Waals surface area contributed by atoms with E-state index in [9.17, 15) is 19.5 Å². The Morgan fingerprint density at radius 3 is 2.32 bits per heavy atom. The van der Waals surface area contributed by atoms with E-state index in [2.05, 4.69) is 12.2 Å². The predicted octanol–water partition coefficient (Wildman–Crippen LogP) is 6.02. The molecule has 0 spiro atoms. The summed E-state index contributed by atoms with van der Waals surface area (Å²) in [6.07, 6.45) is 3.67. The molecule has 0 saturated heterocycles. The fourth-order valence-corrected chi connectivity index (χ4v) is 5.70. The summed E-state index contributed by atoms with van der Waals surface area (Å²) in [5.74, 6) is -0.594. The summed E-state index contributed by atoms with van der Waals surface area (Å²) in [6, 6.07) is 11.7. The van der Waals surface area contributed by atoms with Gasteiger partial charge in [0.05, 0.1) is 5.69 Å². The fourth-order valence-electron chi connectivity index (χ4n) is 4.71. The van der Waals surface area contributed by atoms with Gasteiger partial charge in [-0.25, -0.2) is 4.79 Å². The van der Waals surface area contributed by atoms with E-state index in [1.165, 1.54) is 12.1 Å². The molecule has 37 heavy (non-hydrogen) atoms. The van der Waals surface area contributed by atoms with Crippen LogP contribution in [0.15, 0.2) is 46.9 Å². The van der Waals surface area contributed by atoms with Crippen molar-refractivity contribution in [3.8, 4) is 10.4 Å². The zero-order chi connectivity index (χ0) is 26.7. The second kappa shape index (κ2) is 11.3. The lowest BCUT2D eigenvalue weighted by molar-refractivity contribution is -0.123. The molecule has 0 bridgehead atoms. The Labute approximate surface area is 219 Å². The maximum atomic E-state index is 13.5. The Bertz CT molecular complexity index is 1270. The molecule has 0 radical (unpaired) electrons. The van der Waals surface area contributed by atoms with Gasteiger partial charge < -0.3 is 24.8 Å². The third-order valence-electron chi connectivity index (χ3n) is 6.75. The fraction of sp³-hybridized carbons (Fsp3) is 0.393. The van der Waals surface area contributed by atoms with Gasteiger partial charge in [-0.2, -0.15) is 0 Å². The number of aliphatic hydroxyl groups excluding tert-OH is 1. The number of hydrogen-bond donors (Lipinski definition) is 3. The third-order valence-corrected chi connectivity index (χ3v) is 7.92. The molecule has 1 aliphatic rings. The van der Waals surface area contributed by atoms with Gasteiger partial charge in [0, 0.05) is 22.5 Å². The van der Waals surface area contributed by atoms with Crippen LogP contribution < -0.4 is 10.2 Å². The Morgan fingerprint density at radius 1 is 1.08 bits per heavy atom. The standard InChI is InChI=1S/C28H32N2O6S/c1-16(2)30(27(33)19-6-4-17(3)5-7-19)22-14-24(37-25(22)28(34)35)18-8-10-20(11-9-18)29-26(32)23-13-12-21(15-31)36-23/h8-14,16-17,19,31H,4-7,15H2,1-3H3,(H,29,32)(H,34,35). The lowest BCUT2D eigenvalue weighted by Gasteiger charge is -2.33. The number of benzene rings is 1. The highest BCUT2D eigenvalue weighted by Gasteiger charge is 2.33. The minimum atomic E-state index is -1.06. The van der Waals surface area contributed by atoms with Crippen molar-refractivity contribution in [2.45, 2.75) is 59.1 Å². The van der Waals surface area contributed by atoms with E-state index in [0.29, 0.717) is 23.1 Å². The van der Waals surface area contributed by atoms with E-state index in [-0.39, 0.29) is 35.1 Å². The number of anilines is 2. The molecule has 3 N–H and O–H groups in total.